The molecule has 12 nitrogen and oxygen atoms in total. The van der Waals surface area contributed by atoms with Crippen molar-refractivity contribution in [2.75, 3.05) is 0 Å². The van der Waals surface area contributed by atoms with Gasteiger partial charge in [0.2, 0.25) is 11.6 Å². The van der Waals surface area contributed by atoms with Gasteiger partial charge < -0.3 is 9.47 Å². The molecular formula is C36H24N2O10. The van der Waals surface area contributed by atoms with E-state index in [0.717, 1.165) is 0 Å². The van der Waals surface area contributed by atoms with Gasteiger partial charge >= 0.3 is 11.9 Å². The first-order valence-electron chi connectivity index (χ1n) is 14.3. The average molecular weight is 645 g/mol. The molecule has 0 radical (unpaired) electrons. The Labute approximate surface area is 272 Å². The molecule has 0 saturated carbocycles. The van der Waals surface area contributed by atoms with E-state index in [2.05, 4.69) is 0 Å². The molecule has 0 amide bonds. The predicted molar refractivity (Wildman–Crippen MR) is 170 cm³/mol. The Morgan fingerprint density at radius 2 is 0.792 bits per heavy atom. The number of nitrogens with zero attached hydrogens (tertiary/aromatic N) is 2. The summed E-state index contributed by atoms with van der Waals surface area (Å²) in [6.45, 7) is 0. The maximum absolute atomic E-state index is 13.4. The number of ether oxygens (including phenoxy) is 2. The minimum atomic E-state index is -1.48. The van der Waals surface area contributed by atoms with Crippen LogP contribution in [-0.2, 0) is 9.47 Å². The smallest absolute Gasteiger partial charge is 0.339 e. The molecule has 0 N–H and O–H groups in total. The van der Waals surface area contributed by atoms with Crippen LogP contribution in [0.3, 0.4) is 0 Å². The number of nitro benzene ring substituents is 2. The molecular weight excluding hydrogens is 620 g/mol. The molecule has 12 heteroatoms. The molecule has 0 unspecified atom stereocenters. The average Bonchev–Trinajstić information content (AvgIpc) is 3.13. The van der Waals surface area contributed by atoms with Gasteiger partial charge in [-0.05, 0) is 42.5 Å². The molecule has 0 aromatic heterocycles. The van der Waals surface area contributed by atoms with Crippen LogP contribution in [0.1, 0.15) is 64.8 Å². The van der Waals surface area contributed by atoms with E-state index in [4.69, 9.17) is 9.47 Å². The van der Waals surface area contributed by atoms with Crippen LogP contribution in [0.2, 0.25) is 0 Å². The molecule has 2 atom stereocenters. The molecule has 0 saturated heterocycles. The second-order valence-electron chi connectivity index (χ2n) is 10.3. The number of carbonyl (C=O) groups is 4. The van der Waals surface area contributed by atoms with Gasteiger partial charge in [0.05, 0.1) is 21.0 Å². The number of ketones is 2. The van der Waals surface area contributed by atoms with E-state index in [1.807, 2.05) is 0 Å². The third-order valence-electron chi connectivity index (χ3n) is 7.19. The predicted octanol–water partition coefficient (Wildman–Crippen LogP) is 7.07. The summed E-state index contributed by atoms with van der Waals surface area (Å²) in [5.74, 6) is -3.13. The highest BCUT2D eigenvalue weighted by molar-refractivity contribution is 6.04. The largest absolute Gasteiger partial charge is 0.445 e. The van der Waals surface area contributed by atoms with Crippen LogP contribution in [0.15, 0.2) is 133 Å². The van der Waals surface area contributed by atoms with Crippen LogP contribution in [0.25, 0.3) is 0 Å². The summed E-state index contributed by atoms with van der Waals surface area (Å²) in [7, 11) is 0. The van der Waals surface area contributed by atoms with Crippen molar-refractivity contribution < 1.29 is 38.5 Å². The van der Waals surface area contributed by atoms with E-state index < -0.39 is 45.6 Å². The number of hydrogen-bond donors (Lipinski definition) is 0. The fourth-order valence-electron chi connectivity index (χ4n) is 4.72. The van der Waals surface area contributed by atoms with Crippen molar-refractivity contribution in [1.29, 1.82) is 0 Å². The topological polar surface area (TPSA) is 173 Å². The molecule has 48 heavy (non-hydrogen) atoms. The molecule has 0 bridgehead atoms. The summed E-state index contributed by atoms with van der Waals surface area (Å²) >= 11 is 0. The zero-order valence-corrected chi connectivity index (χ0v) is 24.8. The number of esters is 2. The second-order valence-corrected chi connectivity index (χ2v) is 10.3. The van der Waals surface area contributed by atoms with Gasteiger partial charge in [-0.25, -0.2) is 9.59 Å². The van der Waals surface area contributed by atoms with Crippen molar-refractivity contribution in [3.8, 4) is 0 Å². The lowest BCUT2D eigenvalue weighted by Crippen LogP contribution is -2.22. The number of non-ortho nitro benzene ring substituents is 2. The maximum Gasteiger partial charge on any atom is 0.339 e. The fraction of sp³-hybridized carbons (Fsp3) is 0.0556. The summed E-state index contributed by atoms with van der Waals surface area (Å²) in [5.41, 5.74) is 0.127. The van der Waals surface area contributed by atoms with Gasteiger partial charge in [0.1, 0.15) is 0 Å². The SMILES string of the molecule is O=C(O[C@H](C(=O)c1ccccc1)c1ccc([N+](=O)[O-])cc1)c1cccc(C(=O)O[C@@H](C(=O)c2ccccc2)c2ccc([N+](=O)[O-])cc2)c1. The Morgan fingerprint density at radius 3 is 1.12 bits per heavy atom. The summed E-state index contributed by atoms with van der Waals surface area (Å²) < 4.78 is 11.3. The first kappa shape index (κ1) is 32.6. The van der Waals surface area contributed by atoms with Gasteiger partial charge in [0.25, 0.3) is 11.4 Å². The standard InChI is InChI=1S/C36H24N2O10/c39-31(23-8-3-1-4-9-23)33(25-14-18-29(19-15-25)37(43)44)47-35(41)27-12-7-13-28(22-27)36(42)48-34(32(40)24-10-5-2-6-11-24)26-16-20-30(21-17-26)38(45)46/h1-22,33-34H/t33-,34+. The third kappa shape index (κ3) is 7.51. The zero-order chi connectivity index (χ0) is 34.2. The van der Waals surface area contributed by atoms with Crippen molar-refractivity contribution in [3.05, 3.63) is 187 Å². The highest BCUT2D eigenvalue weighted by atomic mass is 16.6. The van der Waals surface area contributed by atoms with E-state index >= 15 is 0 Å². The molecule has 0 spiro atoms. The fourth-order valence-corrected chi connectivity index (χ4v) is 4.72. The number of hydrogen-bond acceptors (Lipinski definition) is 10. The molecule has 0 aliphatic carbocycles. The van der Waals surface area contributed by atoms with Crippen LogP contribution in [-0.4, -0.2) is 33.4 Å². The monoisotopic (exact) mass is 644 g/mol. The normalized spacial score (nSPS) is 11.8. The van der Waals surface area contributed by atoms with Crippen molar-refractivity contribution >= 4 is 34.9 Å². The first-order chi connectivity index (χ1) is 23.1. The minimum absolute atomic E-state index is 0.126. The zero-order valence-electron chi connectivity index (χ0n) is 24.8. The van der Waals surface area contributed by atoms with Crippen molar-refractivity contribution in [3.63, 3.8) is 0 Å². The summed E-state index contributed by atoms with van der Waals surface area (Å²) in [5, 5.41) is 22.3. The molecule has 0 aliphatic rings. The lowest BCUT2D eigenvalue weighted by atomic mass is 9.99. The quantitative estimate of drug-likeness (QED) is 0.0592. The Morgan fingerprint density at radius 1 is 0.458 bits per heavy atom. The van der Waals surface area contributed by atoms with E-state index in [1.54, 1.807) is 36.4 Å². The van der Waals surface area contributed by atoms with E-state index in [0.29, 0.717) is 0 Å². The lowest BCUT2D eigenvalue weighted by molar-refractivity contribution is -0.385. The van der Waals surface area contributed by atoms with Gasteiger partial charge in [-0.3, -0.25) is 29.8 Å². The molecule has 5 rings (SSSR count). The number of rotatable bonds is 12. The van der Waals surface area contributed by atoms with Gasteiger partial charge in [0, 0.05) is 46.5 Å². The number of Topliss-reactive ketones (excluding diaryl/α,β-unsaturated/α-hetero) is 2. The van der Waals surface area contributed by atoms with Crippen LogP contribution in [0, 0.1) is 20.2 Å². The van der Waals surface area contributed by atoms with E-state index in [1.165, 1.54) is 97.1 Å². The summed E-state index contributed by atoms with van der Waals surface area (Å²) in [6, 6.07) is 31.3. The Kier molecular flexibility index (Phi) is 9.85. The molecule has 0 aliphatic heterocycles. The van der Waals surface area contributed by atoms with Crippen molar-refractivity contribution in [2.24, 2.45) is 0 Å². The Balaban J connectivity index is 1.41. The summed E-state index contributed by atoms with van der Waals surface area (Å²) in [4.78, 5) is 74.8. The number of carbonyl (C=O) groups excluding carboxylic acids is 4. The molecule has 5 aromatic carbocycles. The van der Waals surface area contributed by atoms with Crippen molar-refractivity contribution in [1.82, 2.24) is 0 Å². The first-order valence-corrected chi connectivity index (χ1v) is 14.3. The highest BCUT2D eigenvalue weighted by Gasteiger charge is 2.30. The van der Waals surface area contributed by atoms with Gasteiger partial charge in [0.15, 0.2) is 12.2 Å². The van der Waals surface area contributed by atoms with Crippen molar-refractivity contribution in [2.45, 2.75) is 12.2 Å². The van der Waals surface area contributed by atoms with Crippen LogP contribution in [0.4, 0.5) is 11.4 Å². The van der Waals surface area contributed by atoms with Crippen LogP contribution in [0.5, 0.6) is 0 Å². The number of benzene rings is 5. The van der Waals surface area contributed by atoms with E-state index in [-0.39, 0.29) is 44.8 Å². The second kappa shape index (κ2) is 14.5. The van der Waals surface area contributed by atoms with Gasteiger partial charge in [-0.2, -0.15) is 0 Å². The van der Waals surface area contributed by atoms with Crippen LogP contribution < -0.4 is 0 Å². The molecule has 0 fully saturated rings. The lowest BCUT2D eigenvalue weighted by Gasteiger charge is -2.19. The Bertz CT molecular complexity index is 1850. The summed E-state index contributed by atoms with van der Waals surface area (Å²) in [6.07, 6.45) is -2.96. The Hall–Kier alpha value is -6.82. The number of nitro groups is 2. The highest BCUT2D eigenvalue weighted by Crippen LogP contribution is 2.28. The molecule has 238 valence electrons. The van der Waals surface area contributed by atoms with Gasteiger partial charge in [-0.15, -0.1) is 0 Å². The third-order valence-corrected chi connectivity index (χ3v) is 7.19. The molecule has 0 heterocycles. The maximum atomic E-state index is 13.4. The minimum Gasteiger partial charge on any atom is -0.445 e. The van der Waals surface area contributed by atoms with Crippen LogP contribution >= 0.6 is 0 Å². The molecule has 5 aromatic rings. The van der Waals surface area contributed by atoms with Gasteiger partial charge in [-0.1, -0.05) is 66.7 Å². The van der Waals surface area contributed by atoms with E-state index in [9.17, 15) is 39.4 Å².